The second-order valence-corrected chi connectivity index (χ2v) is 6.13. The van der Waals surface area contributed by atoms with Crippen molar-refractivity contribution >= 4 is 11.6 Å². The van der Waals surface area contributed by atoms with Gasteiger partial charge in [0.15, 0.2) is 0 Å². The molecule has 0 saturated heterocycles. The molecule has 2 aromatic carbocycles. The van der Waals surface area contributed by atoms with E-state index in [0.717, 1.165) is 30.2 Å². The van der Waals surface area contributed by atoms with Crippen LogP contribution in [-0.2, 0) is 6.54 Å². The first-order valence-corrected chi connectivity index (χ1v) is 7.66. The van der Waals surface area contributed by atoms with E-state index in [-0.39, 0.29) is 0 Å². The molecule has 0 radical (unpaired) electrons. The minimum absolute atomic E-state index is 0.624. The molecule has 0 spiro atoms. The molecule has 0 bridgehead atoms. The molecule has 2 nitrogen and oxygen atoms in total. The van der Waals surface area contributed by atoms with Crippen LogP contribution < -0.4 is 10.1 Å². The molecule has 1 N–H and O–H groups in total. The van der Waals surface area contributed by atoms with Gasteiger partial charge in [-0.1, -0.05) is 49.2 Å². The zero-order valence-electron chi connectivity index (χ0n) is 12.8. The fourth-order valence-electron chi connectivity index (χ4n) is 2.00. The quantitative estimate of drug-likeness (QED) is 0.793. The van der Waals surface area contributed by atoms with Gasteiger partial charge in [-0.3, -0.25) is 0 Å². The normalized spacial score (nSPS) is 10.9. The van der Waals surface area contributed by atoms with Crippen LogP contribution in [0.2, 0.25) is 5.02 Å². The fraction of sp³-hybridized carbons (Fsp3) is 0.333. The monoisotopic (exact) mass is 303 g/mol. The van der Waals surface area contributed by atoms with Crippen molar-refractivity contribution in [3.05, 3.63) is 58.6 Å². The first kappa shape index (κ1) is 15.9. The summed E-state index contributed by atoms with van der Waals surface area (Å²) in [6.07, 6.45) is 0. The lowest BCUT2D eigenvalue weighted by molar-refractivity contribution is 0.469. The Balaban J connectivity index is 2.12. The number of nitrogens with one attached hydrogen (secondary N) is 1. The van der Waals surface area contributed by atoms with Gasteiger partial charge >= 0.3 is 0 Å². The molecule has 2 aromatic rings. The summed E-state index contributed by atoms with van der Waals surface area (Å²) in [7, 11) is 0. The average Bonchev–Trinajstić information content (AvgIpc) is 2.43. The highest BCUT2D eigenvalue weighted by atomic mass is 35.5. The standard InChI is InChI=1S/C18H22ClNO/c1-13(2)11-20-12-15-6-7-16(19)10-18(15)21-17-8-4-14(3)5-9-17/h4-10,13,20H,11-12H2,1-3H3. The van der Waals surface area contributed by atoms with Gasteiger partial charge in [0.25, 0.3) is 0 Å². The fourth-order valence-corrected chi connectivity index (χ4v) is 2.16. The molecule has 0 aliphatic heterocycles. The van der Waals surface area contributed by atoms with E-state index >= 15 is 0 Å². The summed E-state index contributed by atoms with van der Waals surface area (Å²) >= 11 is 6.09. The summed E-state index contributed by atoms with van der Waals surface area (Å²) in [5.41, 5.74) is 2.33. The number of benzene rings is 2. The van der Waals surface area contributed by atoms with Crippen molar-refractivity contribution in [3.8, 4) is 11.5 Å². The SMILES string of the molecule is Cc1ccc(Oc2cc(Cl)ccc2CNCC(C)C)cc1. The highest BCUT2D eigenvalue weighted by Gasteiger charge is 2.06. The van der Waals surface area contributed by atoms with Gasteiger partial charge in [0.05, 0.1) is 0 Å². The molecule has 21 heavy (non-hydrogen) atoms. The number of hydrogen-bond donors (Lipinski definition) is 1. The van der Waals surface area contributed by atoms with E-state index in [1.165, 1.54) is 5.56 Å². The molecular weight excluding hydrogens is 282 g/mol. The Bertz CT molecular complexity index is 578. The lowest BCUT2D eigenvalue weighted by atomic mass is 10.1. The highest BCUT2D eigenvalue weighted by Crippen LogP contribution is 2.28. The zero-order chi connectivity index (χ0) is 15.2. The van der Waals surface area contributed by atoms with Crippen molar-refractivity contribution in [1.82, 2.24) is 5.32 Å². The predicted molar refractivity (Wildman–Crippen MR) is 89.2 cm³/mol. The van der Waals surface area contributed by atoms with Gasteiger partial charge in [0.1, 0.15) is 11.5 Å². The van der Waals surface area contributed by atoms with Crippen molar-refractivity contribution < 1.29 is 4.74 Å². The second kappa shape index (κ2) is 7.48. The third-order valence-corrected chi connectivity index (χ3v) is 3.38. The van der Waals surface area contributed by atoms with Crippen LogP contribution in [0.1, 0.15) is 25.0 Å². The first-order chi connectivity index (χ1) is 10.0. The zero-order valence-corrected chi connectivity index (χ0v) is 13.6. The Hall–Kier alpha value is -1.51. The molecule has 0 saturated carbocycles. The highest BCUT2D eigenvalue weighted by molar-refractivity contribution is 6.30. The van der Waals surface area contributed by atoms with Crippen LogP contribution in [0.5, 0.6) is 11.5 Å². The topological polar surface area (TPSA) is 21.3 Å². The Morgan fingerprint density at radius 2 is 1.81 bits per heavy atom. The van der Waals surface area contributed by atoms with Crippen molar-refractivity contribution in [2.24, 2.45) is 5.92 Å². The molecule has 0 aliphatic rings. The van der Waals surface area contributed by atoms with Gasteiger partial charge in [-0.2, -0.15) is 0 Å². The van der Waals surface area contributed by atoms with Gasteiger partial charge in [-0.05, 0) is 43.7 Å². The summed E-state index contributed by atoms with van der Waals surface area (Å²) in [6.45, 7) is 8.20. The van der Waals surface area contributed by atoms with Crippen LogP contribution in [0.15, 0.2) is 42.5 Å². The van der Waals surface area contributed by atoms with E-state index < -0.39 is 0 Å². The Morgan fingerprint density at radius 1 is 1.10 bits per heavy atom. The number of aryl methyl sites for hydroxylation is 1. The number of hydrogen-bond acceptors (Lipinski definition) is 2. The third kappa shape index (κ3) is 5.07. The van der Waals surface area contributed by atoms with Crippen LogP contribution in [0, 0.1) is 12.8 Å². The predicted octanol–water partition coefficient (Wildman–Crippen LogP) is 5.19. The van der Waals surface area contributed by atoms with E-state index in [2.05, 4.69) is 26.1 Å². The third-order valence-electron chi connectivity index (χ3n) is 3.15. The van der Waals surface area contributed by atoms with Crippen molar-refractivity contribution in [3.63, 3.8) is 0 Å². The van der Waals surface area contributed by atoms with Crippen molar-refractivity contribution in [2.45, 2.75) is 27.3 Å². The smallest absolute Gasteiger partial charge is 0.133 e. The van der Waals surface area contributed by atoms with Crippen LogP contribution in [0.25, 0.3) is 0 Å². The Kier molecular flexibility index (Phi) is 5.66. The van der Waals surface area contributed by atoms with Crippen LogP contribution in [0.3, 0.4) is 0 Å². The molecule has 0 fully saturated rings. The summed E-state index contributed by atoms with van der Waals surface area (Å²) in [4.78, 5) is 0. The maximum Gasteiger partial charge on any atom is 0.133 e. The molecule has 112 valence electrons. The molecule has 0 unspecified atom stereocenters. The molecule has 0 amide bonds. The van der Waals surface area contributed by atoms with Gasteiger partial charge < -0.3 is 10.1 Å². The molecule has 0 heterocycles. The lowest BCUT2D eigenvalue weighted by Gasteiger charge is -2.13. The van der Waals surface area contributed by atoms with Crippen molar-refractivity contribution in [1.29, 1.82) is 0 Å². The van der Waals surface area contributed by atoms with Crippen LogP contribution in [0.4, 0.5) is 0 Å². The van der Waals surface area contributed by atoms with E-state index in [1.807, 2.05) is 42.5 Å². The van der Waals surface area contributed by atoms with Gasteiger partial charge in [-0.25, -0.2) is 0 Å². The van der Waals surface area contributed by atoms with E-state index in [1.54, 1.807) is 0 Å². The van der Waals surface area contributed by atoms with E-state index in [4.69, 9.17) is 16.3 Å². The maximum absolute atomic E-state index is 6.09. The average molecular weight is 304 g/mol. The molecule has 3 heteroatoms. The minimum atomic E-state index is 0.624. The maximum atomic E-state index is 6.09. The largest absolute Gasteiger partial charge is 0.457 e. The first-order valence-electron chi connectivity index (χ1n) is 7.28. The van der Waals surface area contributed by atoms with Crippen LogP contribution in [-0.4, -0.2) is 6.54 Å². The Morgan fingerprint density at radius 3 is 2.48 bits per heavy atom. The van der Waals surface area contributed by atoms with Gasteiger partial charge in [0.2, 0.25) is 0 Å². The number of halogens is 1. The van der Waals surface area contributed by atoms with E-state index in [9.17, 15) is 0 Å². The molecule has 2 rings (SSSR count). The summed E-state index contributed by atoms with van der Waals surface area (Å²) < 4.78 is 5.98. The number of rotatable bonds is 6. The van der Waals surface area contributed by atoms with Gasteiger partial charge in [-0.15, -0.1) is 0 Å². The molecule has 0 aromatic heterocycles. The van der Waals surface area contributed by atoms with Crippen molar-refractivity contribution in [2.75, 3.05) is 6.54 Å². The molecule has 0 atom stereocenters. The second-order valence-electron chi connectivity index (χ2n) is 5.69. The molecular formula is C18H22ClNO. The van der Waals surface area contributed by atoms with Crippen LogP contribution >= 0.6 is 11.6 Å². The summed E-state index contributed by atoms with van der Waals surface area (Å²) in [5, 5.41) is 4.12. The minimum Gasteiger partial charge on any atom is -0.457 e. The number of ether oxygens (including phenoxy) is 1. The van der Waals surface area contributed by atoms with E-state index in [0.29, 0.717) is 10.9 Å². The summed E-state index contributed by atoms with van der Waals surface area (Å²) in [6, 6.07) is 13.8. The summed E-state index contributed by atoms with van der Waals surface area (Å²) in [5.74, 6) is 2.26. The Labute approximate surface area is 132 Å². The molecule has 0 aliphatic carbocycles. The van der Waals surface area contributed by atoms with Gasteiger partial charge in [0, 0.05) is 17.1 Å². The lowest BCUT2D eigenvalue weighted by Crippen LogP contribution is -2.19.